The maximum absolute atomic E-state index is 13.3. The highest BCUT2D eigenvalue weighted by molar-refractivity contribution is 5.99. The van der Waals surface area contributed by atoms with Gasteiger partial charge in [-0.3, -0.25) is 14.4 Å². The van der Waals surface area contributed by atoms with E-state index in [2.05, 4.69) is 43.0 Å². The summed E-state index contributed by atoms with van der Waals surface area (Å²) < 4.78 is 5.89. The number of hydrogen-bond acceptors (Lipinski definition) is 6. The molecule has 0 radical (unpaired) electrons. The average molecular weight is 664 g/mol. The molecule has 4 rings (SSSR count). The number of carbonyl (C=O) groups excluding carboxylic acids is 2. The van der Waals surface area contributed by atoms with Crippen LogP contribution < -0.4 is 10.1 Å². The zero-order chi connectivity index (χ0) is 35.4. The number of nitrogens with zero attached hydrogens (tertiary/aromatic N) is 2. The van der Waals surface area contributed by atoms with Crippen molar-refractivity contribution in [2.75, 3.05) is 6.61 Å². The van der Waals surface area contributed by atoms with Crippen LogP contribution in [0, 0.1) is 5.92 Å². The van der Waals surface area contributed by atoms with Crippen molar-refractivity contribution in [3.8, 4) is 28.3 Å². The molecule has 0 fully saturated rings. The minimum Gasteiger partial charge on any atom is -0.494 e. The first-order chi connectivity index (χ1) is 23.4. The maximum atomic E-state index is 13.3. The van der Waals surface area contributed by atoms with Crippen LogP contribution in [-0.4, -0.2) is 45.4 Å². The van der Waals surface area contributed by atoms with E-state index in [9.17, 15) is 19.5 Å². The molecular weight excluding hydrogens is 614 g/mol. The van der Waals surface area contributed by atoms with Crippen molar-refractivity contribution in [2.24, 2.45) is 5.92 Å². The van der Waals surface area contributed by atoms with Crippen molar-refractivity contribution in [1.82, 2.24) is 15.3 Å². The SMILES string of the molecule is CCCCCCCOc1ccc(-c2cnc(-c3ccc(C[C@H](CC(=O)c4ccc(C(C)(C)C)cc4)C(=O)N[C@H](C)C(=O)O)cc3)nc2)cc1. The molecule has 0 saturated heterocycles. The topological polar surface area (TPSA) is 118 Å². The van der Waals surface area contributed by atoms with Crippen LogP contribution in [-0.2, 0) is 21.4 Å². The largest absolute Gasteiger partial charge is 0.494 e. The highest BCUT2D eigenvalue weighted by atomic mass is 16.5. The lowest BCUT2D eigenvalue weighted by Gasteiger charge is -2.20. The summed E-state index contributed by atoms with van der Waals surface area (Å²) in [6.45, 7) is 10.7. The van der Waals surface area contributed by atoms with Gasteiger partial charge in [0.2, 0.25) is 5.91 Å². The third-order valence-electron chi connectivity index (χ3n) is 8.66. The van der Waals surface area contributed by atoms with E-state index in [1.807, 2.05) is 60.7 Å². The molecule has 0 bridgehead atoms. The number of rotatable bonds is 17. The summed E-state index contributed by atoms with van der Waals surface area (Å²) in [7, 11) is 0. The number of carbonyl (C=O) groups is 3. The van der Waals surface area contributed by atoms with Crippen molar-refractivity contribution in [2.45, 2.75) is 91.0 Å². The molecule has 1 aromatic heterocycles. The van der Waals surface area contributed by atoms with Crippen LogP contribution in [0.1, 0.15) is 94.6 Å². The van der Waals surface area contributed by atoms with Crippen LogP contribution in [0.2, 0.25) is 0 Å². The average Bonchev–Trinajstić information content (AvgIpc) is 3.09. The molecule has 0 aliphatic rings. The second kappa shape index (κ2) is 17.5. The van der Waals surface area contributed by atoms with Crippen LogP contribution in [0.5, 0.6) is 5.75 Å². The molecule has 0 saturated carbocycles. The molecule has 0 spiro atoms. The van der Waals surface area contributed by atoms with Crippen LogP contribution in [0.15, 0.2) is 85.2 Å². The second-order valence-corrected chi connectivity index (χ2v) is 13.7. The summed E-state index contributed by atoms with van der Waals surface area (Å²) in [5, 5.41) is 11.9. The molecule has 2 N–H and O–H groups in total. The fourth-order valence-electron chi connectivity index (χ4n) is 5.49. The molecule has 49 heavy (non-hydrogen) atoms. The third-order valence-corrected chi connectivity index (χ3v) is 8.66. The Morgan fingerprint density at radius 1 is 0.796 bits per heavy atom. The maximum Gasteiger partial charge on any atom is 0.325 e. The molecule has 8 nitrogen and oxygen atoms in total. The quantitative estimate of drug-likeness (QED) is 0.0859. The number of benzene rings is 3. The summed E-state index contributed by atoms with van der Waals surface area (Å²) >= 11 is 0. The van der Waals surface area contributed by atoms with Crippen LogP contribution in [0.3, 0.4) is 0 Å². The predicted molar refractivity (Wildman–Crippen MR) is 194 cm³/mol. The lowest BCUT2D eigenvalue weighted by atomic mass is 9.85. The highest BCUT2D eigenvalue weighted by Crippen LogP contribution is 2.26. The number of unbranched alkanes of at least 4 members (excludes halogenated alkanes) is 4. The number of carboxylic acid groups (broad SMARTS) is 1. The fourth-order valence-corrected chi connectivity index (χ4v) is 5.49. The molecular formula is C41H49N3O5. The van der Waals surface area contributed by atoms with Crippen molar-refractivity contribution >= 4 is 17.7 Å². The van der Waals surface area contributed by atoms with Crippen LogP contribution >= 0.6 is 0 Å². The minimum atomic E-state index is -1.14. The van der Waals surface area contributed by atoms with Gasteiger partial charge < -0.3 is 15.2 Å². The van der Waals surface area contributed by atoms with Gasteiger partial charge in [-0.1, -0.05) is 114 Å². The first-order valence-corrected chi connectivity index (χ1v) is 17.3. The van der Waals surface area contributed by atoms with Gasteiger partial charge in [-0.25, -0.2) is 9.97 Å². The van der Waals surface area contributed by atoms with Gasteiger partial charge in [0.1, 0.15) is 11.8 Å². The molecule has 1 amide bonds. The van der Waals surface area contributed by atoms with Crippen LogP contribution in [0.25, 0.3) is 22.5 Å². The Kier molecular flexibility index (Phi) is 13.2. The van der Waals surface area contributed by atoms with Gasteiger partial charge in [0.25, 0.3) is 0 Å². The van der Waals surface area contributed by atoms with E-state index in [4.69, 9.17) is 4.74 Å². The Bertz CT molecular complexity index is 1660. The van der Waals surface area contributed by atoms with Crippen LogP contribution in [0.4, 0.5) is 0 Å². The zero-order valence-electron chi connectivity index (χ0n) is 29.4. The predicted octanol–water partition coefficient (Wildman–Crippen LogP) is 8.48. The standard InChI is InChI=1S/C41H49N3O5/c1-6-7-8-9-10-23-49-36-21-17-30(18-22-36)34-26-42-38(43-27-34)32-13-11-29(12-14-32)24-33(39(46)44-28(2)40(47)48)25-37(45)31-15-19-35(20-16-31)41(3,4)5/h11-22,26-28,33H,6-10,23-25H2,1-5H3,(H,44,46)(H,47,48)/t28-,33-/m1/s1. The normalized spacial score (nSPS) is 12.6. The number of aliphatic carboxylic acids is 1. The number of hydrogen-bond donors (Lipinski definition) is 2. The summed E-state index contributed by atoms with van der Waals surface area (Å²) in [6.07, 6.45) is 9.82. The number of Topliss-reactive ketones (excluding diaryl/α,β-unsaturated/α-hetero) is 1. The molecule has 4 aromatic rings. The lowest BCUT2D eigenvalue weighted by Crippen LogP contribution is -2.42. The van der Waals surface area contributed by atoms with Gasteiger partial charge in [-0.15, -0.1) is 0 Å². The van der Waals surface area contributed by atoms with Crippen molar-refractivity contribution in [1.29, 1.82) is 0 Å². The van der Waals surface area contributed by atoms with E-state index < -0.39 is 23.8 Å². The summed E-state index contributed by atoms with van der Waals surface area (Å²) in [5.41, 5.74) is 5.12. The van der Waals surface area contributed by atoms with E-state index in [1.54, 1.807) is 24.5 Å². The van der Waals surface area contributed by atoms with E-state index in [0.717, 1.165) is 46.6 Å². The van der Waals surface area contributed by atoms with Gasteiger partial charge in [-0.05, 0) is 54.0 Å². The Hall–Kier alpha value is -4.85. The molecule has 8 heteroatoms. The highest BCUT2D eigenvalue weighted by Gasteiger charge is 2.26. The minimum absolute atomic E-state index is 0.0501. The molecule has 258 valence electrons. The first kappa shape index (κ1) is 37.0. The smallest absolute Gasteiger partial charge is 0.325 e. The van der Waals surface area contributed by atoms with E-state index in [0.29, 0.717) is 11.4 Å². The van der Waals surface area contributed by atoms with Gasteiger partial charge in [0.05, 0.1) is 6.61 Å². The lowest BCUT2D eigenvalue weighted by molar-refractivity contribution is -0.141. The van der Waals surface area contributed by atoms with Crippen molar-refractivity contribution in [3.63, 3.8) is 0 Å². The molecule has 0 aliphatic carbocycles. The van der Waals surface area contributed by atoms with Gasteiger partial charge >= 0.3 is 5.97 Å². The summed E-state index contributed by atoms with van der Waals surface area (Å²) in [4.78, 5) is 47.1. The zero-order valence-corrected chi connectivity index (χ0v) is 29.4. The molecule has 2 atom stereocenters. The Labute approximate surface area is 290 Å². The number of ketones is 1. The van der Waals surface area contributed by atoms with Gasteiger partial charge in [-0.2, -0.15) is 0 Å². The van der Waals surface area contributed by atoms with Crippen molar-refractivity contribution < 1.29 is 24.2 Å². The molecule has 0 aliphatic heterocycles. The molecule has 3 aromatic carbocycles. The first-order valence-electron chi connectivity index (χ1n) is 17.3. The number of carboxylic acids is 1. The molecule has 0 unspecified atom stereocenters. The van der Waals surface area contributed by atoms with E-state index >= 15 is 0 Å². The van der Waals surface area contributed by atoms with E-state index in [1.165, 1.54) is 32.6 Å². The second-order valence-electron chi connectivity index (χ2n) is 13.7. The van der Waals surface area contributed by atoms with Gasteiger partial charge in [0, 0.05) is 41.4 Å². The monoisotopic (exact) mass is 663 g/mol. The number of amides is 1. The fraction of sp³-hybridized carbons (Fsp3) is 0.390. The van der Waals surface area contributed by atoms with E-state index in [-0.39, 0.29) is 24.0 Å². The number of nitrogens with one attached hydrogen (secondary N) is 1. The Morgan fingerprint density at radius 3 is 2.00 bits per heavy atom. The Morgan fingerprint density at radius 2 is 1.41 bits per heavy atom. The van der Waals surface area contributed by atoms with Gasteiger partial charge in [0.15, 0.2) is 11.6 Å². The Balaban J connectivity index is 1.40. The van der Waals surface area contributed by atoms with Crippen molar-refractivity contribution in [3.05, 3.63) is 102 Å². The summed E-state index contributed by atoms with van der Waals surface area (Å²) in [5.74, 6) is -1.11. The number of ether oxygens (including phenoxy) is 1. The third kappa shape index (κ3) is 11.1. The number of aromatic nitrogens is 2. The molecule has 1 heterocycles. The summed E-state index contributed by atoms with van der Waals surface area (Å²) in [6, 6.07) is 21.9.